The van der Waals surface area contributed by atoms with Crippen LogP contribution in [0.1, 0.15) is 49.6 Å². The van der Waals surface area contributed by atoms with Crippen molar-refractivity contribution in [3.05, 3.63) is 81.7 Å². The molecule has 5 rings (SSSR count). The fourth-order valence-electron chi connectivity index (χ4n) is 4.38. The van der Waals surface area contributed by atoms with E-state index in [0.717, 1.165) is 63.8 Å². The van der Waals surface area contributed by atoms with Crippen molar-refractivity contribution in [1.29, 1.82) is 0 Å². The predicted octanol–water partition coefficient (Wildman–Crippen LogP) is 6.19. The molecule has 1 N–H and O–H groups in total. The third kappa shape index (κ3) is 4.02. The van der Waals surface area contributed by atoms with E-state index >= 15 is 0 Å². The number of nitrogens with one attached hydrogen (secondary N) is 1. The summed E-state index contributed by atoms with van der Waals surface area (Å²) in [6, 6.07) is 17.5. The number of para-hydroxylation sites is 1. The number of hydrogen-bond acceptors (Lipinski definition) is 5. The molecule has 2 aromatic heterocycles. The zero-order valence-corrected chi connectivity index (χ0v) is 19.4. The molecule has 0 atom stereocenters. The van der Waals surface area contributed by atoms with Crippen molar-refractivity contribution in [2.24, 2.45) is 0 Å². The van der Waals surface area contributed by atoms with Gasteiger partial charge in [0, 0.05) is 15.8 Å². The van der Waals surface area contributed by atoms with E-state index in [1.54, 1.807) is 0 Å². The number of rotatable bonds is 4. The summed E-state index contributed by atoms with van der Waals surface area (Å²) in [4.78, 5) is 32.1. The van der Waals surface area contributed by atoms with Gasteiger partial charge < -0.3 is 10.1 Å². The van der Waals surface area contributed by atoms with E-state index in [4.69, 9.17) is 9.72 Å². The summed E-state index contributed by atoms with van der Waals surface area (Å²) in [6.07, 6.45) is 3.89. The van der Waals surface area contributed by atoms with E-state index in [1.165, 1.54) is 18.4 Å². The van der Waals surface area contributed by atoms with Gasteiger partial charge in [0.05, 0.1) is 29.4 Å². The number of amides is 1. The molecule has 2 heterocycles. The van der Waals surface area contributed by atoms with Gasteiger partial charge in [0.15, 0.2) is 0 Å². The normalized spacial score (nSPS) is 12.9. The van der Waals surface area contributed by atoms with Gasteiger partial charge in [0.25, 0.3) is 5.91 Å². The number of benzene rings is 2. The smallest absolute Gasteiger partial charge is 0.341 e. The SMILES string of the molecule is COC(=O)c1c(NC(=O)c2cc(-c3ccc(C)cc3)nc3ccccc23)sc2c1CCCC2. The predicted molar refractivity (Wildman–Crippen MR) is 132 cm³/mol. The van der Waals surface area contributed by atoms with E-state index in [2.05, 4.69) is 5.32 Å². The van der Waals surface area contributed by atoms with Crippen LogP contribution in [-0.2, 0) is 17.6 Å². The molecule has 5 nitrogen and oxygen atoms in total. The number of carbonyl (C=O) groups excluding carboxylic acids is 2. The molecule has 1 amide bonds. The highest BCUT2D eigenvalue weighted by atomic mass is 32.1. The molecule has 4 aromatic rings. The number of hydrogen-bond donors (Lipinski definition) is 1. The fourth-order valence-corrected chi connectivity index (χ4v) is 5.65. The van der Waals surface area contributed by atoms with E-state index < -0.39 is 5.97 Å². The highest BCUT2D eigenvalue weighted by Gasteiger charge is 2.27. The van der Waals surface area contributed by atoms with E-state index in [-0.39, 0.29) is 5.91 Å². The number of ether oxygens (including phenoxy) is 1. The molecule has 1 aliphatic carbocycles. The number of anilines is 1. The monoisotopic (exact) mass is 456 g/mol. The third-order valence-electron chi connectivity index (χ3n) is 6.10. The van der Waals surface area contributed by atoms with Crippen LogP contribution < -0.4 is 5.32 Å². The quantitative estimate of drug-likeness (QED) is 0.372. The molecule has 0 aliphatic heterocycles. The first-order valence-electron chi connectivity index (χ1n) is 11.1. The number of pyridine rings is 1. The van der Waals surface area contributed by atoms with Crippen LogP contribution in [0.4, 0.5) is 5.00 Å². The Morgan fingerprint density at radius 3 is 2.58 bits per heavy atom. The second-order valence-electron chi connectivity index (χ2n) is 8.30. The molecule has 166 valence electrons. The maximum absolute atomic E-state index is 13.6. The molecule has 1 aliphatic rings. The summed E-state index contributed by atoms with van der Waals surface area (Å²) in [5, 5.41) is 4.37. The Hall–Kier alpha value is -3.51. The minimum atomic E-state index is -0.398. The van der Waals surface area contributed by atoms with Gasteiger partial charge in [0.2, 0.25) is 0 Å². The Labute approximate surface area is 196 Å². The van der Waals surface area contributed by atoms with Gasteiger partial charge >= 0.3 is 5.97 Å². The van der Waals surface area contributed by atoms with E-state index in [0.29, 0.717) is 16.1 Å². The molecule has 0 saturated heterocycles. The first-order chi connectivity index (χ1) is 16.0. The number of esters is 1. The molecule has 6 heteroatoms. The molecule has 0 bridgehead atoms. The minimum Gasteiger partial charge on any atom is -0.465 e. The summed E-state index contributed by atoms with van der Waals surface area (Å²) in [7, 11) is 1.38. The lowest BCUT2D eigenvalue weighted by molar-refractivity contribution is 0.0601. The minimum absolute atomic E-state index is 0.259. The van der Waals surface area contributed by atoms with Crippen LogP contribution in [0, 0.1) is 6.92 Å². The van der Waals surface area contributed by atoms with Crippen LogP contribution in [0.3, 0.4) is 0 Å². The molecule has 0 spiro atoms. The summed E-state index contributed by atoms with van der Waals surface area (Å²) in [5.74, 6) is -0.657. The van der Waals surface area contributed by atoms with Crippen molar-refractivity contribution >= 4 is 39.1 Å². The maximum atomic E-state index is 13.6. The van der Waals surface area contributed by atoms with Crippen LogP contribution in [0.15, 0.2) is 54.6 Å². The van der Waals surface area contributed by atoms with Gasteiger partial charge in [-0.3, -0.25) is 4.79 Å². The Balaban J connectivity index is 1.59. The third-order valence-corrected chi connectivity index (χ3v) is 7.30. The zero-order valence-electron chi connectivity index (χ0n) is 18.6. The number of methoxy groups -OCH3 is 1. The van der Waals surface area contributed by atoms with Gasteiger partial charge in [-0.15, -0.1) is 11.3 Å². The second-order valence-corrected chi connectivity index (χ2v) is 9.40. The lowest BCUT2D eigenvalue weighted by Crippen LogP contribution is -2.16. The maximum Gasteiger partial charge on any atom is 0.341 e. The summed E-state index contributed by atoms with van der Waals surface area (Å²) in [5.41, 5.74) is 5.64. The van der Waals surface area contributed by atoms with Crippen LogP contribution in [0.5, 0.6) is 0 Å². The molecular weight excluding hydrogens is 432 g/mol. The number of carbonyl (C=O) groups is 2. The fraction of sp³-hybridized carbons (Fsp3) is 0.222. The van der Waals surface area contributed by atoms with E-state index in [9.17, 15) is 9.59 Å². The van der Waals surface area contributed by atoms with Crippen molar-refractivity contribution in [3.8, 4) is 11.3 Å². The highest BCUT2D eigenvalue weighted by molar-refractivity contribution is 7.17. The average Bonchev–Trinajstić information content (AvgIpc) is 3.21. The summed E-state index contributed by atoms with van der Waals surface area (Å²) in [6.45, 7) is 2.04. The Morgan fingerprint density at radius 2 is 1.79 bits per heavy atom. The molecular formula is C27H24N2O3S. The van der Waals surface area contributed by atoms with Crippen molar-refractivity contribution < 1.29 is 14.3 Å². The Bertz CT molecular complexity index is 1370. The molecule has 0 unspecified atom stereocenters. The average molecular weight is 457 g/mol. The number of aromatic nitrogens is 1. The van der Waals surface area contributed by atoms with Gasteiger partial charge in [-0.25, -0.2) is 9.78 Å². The zero-order chi connectivity index (χ0) is 22.9. The topological polar surface area (TPSA) is 68.3 Å². The lowest BCUT2D eigenvalue weighted by atomic mass is 9.95. The number of fused-ring (bicyclic) bond motifs is 2. The van der Waals surface area contributed by atoms with Gasteiger partial charge in [-0.05, 0) is 50.3 Å². The van der Waals surface area contributed by atoms with Crippen molar-refractivity contribution in [2.75, 3.05) is 12.4 Å². The molecule has 0 radical (unpaired) electrons. The van der Waals surface area contributed by atoms with Crippen molar-refractivity contribution in [2.45, 2.75) is 32.6 Å². The molecule has 33 heavy (non-hydrogen) atoms. The highest BCUT2D eigenvalue weighted by Crippen LogP contribution is 2.39. The van der Waals surface area contributed by atoms with Gasteiger partial charge in [0.1, 0.15) is 5.00 Å². The number of thiophene rings is 1. The molecule has 0 saturated carbocycles. The van der Waals surface area contributed by atoms with Gasteiger partial charge in [-0.2, -0.15) is 0 Å². The first kappa shape index (κ1) is 21.3. The van der Waals surface area contributed by atoms with Crippen LogP contribution in [0.2, 0.25) is 0 Å². The van der Waals surface area contributed by atoms with Gasteiger partial charge in [-0.1, -0.05) is 48.0 Å². The Kier molecular flexibility index (Phi) is 5.68. The van der Waals surface area contributed by atoms with Crippen LogP contribution in [-0.4, -0.2) is 24.0 Å². The number of aryl methyl sites for hydroxylation is 2. The van der Waals surface area contributed by atoms with Crippen LogP contribution in [0.25, 0.3) is 22.2 Å². The number of nitrogens with zero attached hydrogens (tertiary/aromatic N) is 1. The Morgan fingerprint density at radius 1 is 1.03 bits per heavy atom. The van der Waals surface area contributed by atoms with Crippen molar-refractivity contribution in [3.63, 3.8) is 0 Å². The van der Waals surface area contributed by atoms with Crippen molar-refractivity contribution in [1.82, 2.24) is 4.98 Å². The standard InChI is InChI=1S/C27H24N2O3S/c1-16-11-13-17(14-12-16)22-15-20(18-7-3-5-9-21(18)28-22)25(30)29-26-24(27(31)32-2)19-8-4-6-10-23(19)33-26/h3,5,7,9,11-15H,4,6,8,10H2,1-2H3,(H,29,30). The van der Waals surface area contributed by atoms with E-state index in [1.807, 2.05) is 61.5 Å². The second kappa shape index (κ2) is 8.79. The largest absolute Gasteiger partial charge is 0.465 e. The first-order valence-corrected chi connectivity index (χ1v) is 11.9. The summed E-state index contributed by atoms with van der Waals surface area (Å²) >= 11 is 1.49. The lowest BCUT2D eigenvalue weighted by Gasteiger charge is -2.12. The molecule has 2 aromatic carbocycles. The van der Waals surface area contributed by atoms with Crippen LogP contribution >= 0.6 is 11.3 Å². The molecule has 0 fully saturated rings. The summed E-state index contributed by atoms with van der Waals surface area (Å²) < 4.78 is 5.05.